The number of carbonyl (C=O) groups is 3. The van der Waals surface area contributed by atoms with Gasteiger partial charge in [-0.2, -0.15) is 0 Å². The SMILES string of the molecule is CCOc1ccc(OC(=O)CN(CC(=O)O)[C@H]2CCCC[C@@H]2N(CC(=O)O)CC(O)O)cc1. The highest BCUT2D eigenvalue weighted by molar-refractivity contribution is 5.76. The highest BCUT2D eigenvalue weighted by atomic mass is 16.5. The van der Waals surface area contributed by atoms with E-state index in [2.05, 4.69) is 0 Å². The molecule has 0 amide bonds. The Morgan fingerprint density at radius 2 is 1.42 bits per heavy atom. The Morgan fingerprint density at radius 3 is 1.94 bits per heavy atom. The lowest BCUT2D eigenvalue weighted by Crippen LogP contribution is -2.57. The molecule has 0 unspecified atom stereocenters. The van der Waals surface area contributed by atoms with E-state index in [4.69, 9.17) is 9.47 Å². The molecular formula is C22H32N2O9. The zero-order chi connectivity index (χ0) is 24.4. The molecular weight excluding hydrogens is 436 g/mol. The van der Waals surface area contributed by atoms with E-state index in [1.54, 1.807) is 24.3 Å². The Balaban J connectivity index is 2.16. The van der Waals surface area contributed by atoms with Crippen LogP contribution in [0.25, 0.3) is 0 Å². The molecule has 1 aliphatic carbocycles. The molecule has 1 aromatic carbocycles. The Kier molecular flexibility index (Phi) is 10.5. The summed E-state index contributed by atoms with van der Waals surface area (Å²) in [6.45, 7) is 0.854. The molecule has 0 spiro atoms. The number of aliphatic carboxylic acids is 2. The second-order valence-corrected chi connectivity index (χ2v) is 7.90. The topological polar surface area (TPSA) is 157 Å². The van der Waals surface area contributed by atoms with Gasteiger partial charge in [-0.05, 0) is 44.0 Å². The molecule has 184 valence electrons. The molecule has 0 radical (unpaired) electrons. The summed E-state index contributed by atoms with van der Waals surface area (Å²) in [7, 11) is 0. The first kappa shape index (κ1) is 26.5. The monoisotopic (exact) mass is 468 g/mol. The predicted octanol–water partition coefficient (Wildman–Crippen LogP) is 0.386. The van der Waals surface area contributed by atoms with E-state index in [9.17, 15) is 34.8 Å². The number of carboxylic acid groups (broad SMARTS) is 2. The van der Waals surface area contributed by atoms with Crippen LogP contribution in [0.1, 0.15) is 32.6 Å². The molecule has 1 aromatic rings. The van der Waals surface area contributed by atoms with Crippen molar-refractivity contribution >= 4 is 17.9 Å². The minimum absolute atomic E-state index is 0.287. The van der Waals surface area contributed by atoms with Gasteiger partial charge in [0.05, 0.1) is 32.8 Å². The summed E-state index contributed by atoms with van der Waals surface area (Å²) < 4.78 is 10.7. The number of esters is 1. The maximum Gasteiger partial charge on any atom is 0.325 e. The number of aliphatic hydroxyl groups excluding tert-OH is 1. The number of hydrogen-bond donors (Lipinski definition) is 4. The largest absolute Gasteiger partial charge is 0.494 e. The van der Waals surface area contributed by atoms with E-state index in [-0.39, 0.29) is 18.8 Å². The number of nitrogens with zero attached hydrogens (tertiary/aromatic N) is 2. The fourth-order valence-electron chi connectivity index (χ4n) is 4.21. The summed E-state index contributed by atoms with van der Waals surface area (Å²) in [4.78, 5) is 38.4. The molecule has 11 nitrogen and oxygen atoms in total. The van der Waals surface area contributed by atoms with Crippen LogP contribution in [0.3, 0.4) is 0 Å². The molecule has 2 rings (SSSR count). The van der Waals surface area contributed by atoms with Crippen LogP contribution in [0.4, 0.5) is 0 Å². The maximum absolute atomic E-state index is 12.6. The zero-order valence-electron chi connectivity index (χ0n) is 18.6. The number of carbonyl (C=O) groups excluding carboxylic acids is 1. The lowest BCUT2D eigenvalue weighted by atomic mass is 9.87. The van der Waals surface area contributed by atoms with Crippen molar-refractivity contribution in [1.82, 2.24) is 9.80 Å². The first-order valence-electron chi connectivity index (χ1n) is 10.9. The first-order chi connectivity index (χ1) is 15.7. The van der Waals surface area contributed by atoms with E-state index in [1.807, 2.05) is 6.92 Å². The van der Waals surface area contributed by atoms with Crippen LogP contribution >= 0.6 is 0 Å². The van der Waals surface area contributed by atoms with Gasteiger partial charge in [0, 0.05) is 12.1 Å². The quantitative estimate of drug-likeness (QED) is 0.180. The highest BCUT2D eigenvalue weighted by Crippen LogP contribution is 2.28. The highest BCUT2D eigenvalue weighted by Gasteiger charge is 2.37. The molecule has 0 heterocycles. The van der Waals surface area contributed by atoms with E-state index >= 15 is 0 Å². The fraction of sp³-hybridized carbons (Fsp3) is 0.591. The average molecular weight is 469 g/mol. The molecule has 1 aliphatic rings. The third kappa shape index (κ3) is 8.97. The molecule has 4 N–H and O–H groups in total. The van der Waals surface area contributed by atoms with Crippen molar-refractivity contribution in [2.24, 2.45) is 0 Å². The van der Waals surface area contributed by atoms with Gasteiger partial charge in [-0.25, -0.2) is 0 Å². The molecule has 0 aromatic heterocycles. The van der Waals surface area contributed by atoms with E-state index in [0.717, 1.165) is 12.8 Å². The summed E-state index contributed by atoms with van der Waals surface area (Å²) in [6.07, 6.45) is 0.870. The van der Waals surface area contributed by atoms with E-state index in [1.165, 1.54) is 9.80 Å². The molecule has 0 saturated heterocycles. The second-order valence-electron chi connectivity index (χ2n) is 7.90. The summed E-state index contributed by atoms with van der Waals surface area (Å²) >= 11 is 0. The van der Waals surface area contributed by atoms with Crippen molar-refractivity contribution in [3.05, 3.63) is 24.3 Å². The number of ether oxygens (including phenoxy) is 2. The van der Waals surface area contributed by atoms with Gasteiger partial charge in [0.25, 0.3) is 0 Å². The Bertz CT molecular complexity index is 785. The molecule has 1 saturated carbocycles. The maximum atomic E-state index is 12.6. The van der Waals surface area contributed by atoms with Crippen molar-refractivity contribution in [1.29, 1.82) is 0 Å². The van der Waals surface area contributed by atoms with Gasteiger partial charge in [-0.15, -0.1) is 0 Å². The summed E-state index contributed by atoms with van der Waals surface area (Å²) in [6, 6.07) is 5.52. The molecule has 1 fully saturated rings. The normalized spacial score (nSPS) is 18.5. The van der Waals surface area contributed by atoms with Crippen molar-refractivity contribution in [3.63, 3.8) is 0 Å². The summed E-state index contributed by atoms with van der Waals surface area (Å²) in [5, 5.41) is 37.5. The second kappa shape index (κ2) is 13.1. The van der Waals surface area contributed by atoms with Gasteiger partial charge in [-0.1, -0.05) is 12.8 Å². The van der Waals surface area contributed by atoms with Gasteiger partial charge in [0.15, 0.2) is 6.29 Å². The van der Waals surface area contributed by atoms with Gasteiger partial charge in [0.1, 0.15) is 11.5 Å². The third-order valence-corrected chi connectivity index (χ3v) is 5.41. The molecule has 33 heavy (non-hydrogen) atoms. The Hall–Kier alpha value is -2.73. The van der Waals surface area contributed by atoms with Crippen LogP contribution in [0.2, 0.25) is 0 Å². The predicted molar refractivity (Wildman–Crippen MR) is 116 cm³/mol. The first-order valence-corrected chi connectivity index (χ1v) is 10.9. The minimum Gasteiger partial charge on any atom is -0.494 e. The number of benzene rings is 1. The number of rotatable bonds is 13. The smallest absolute Gasteiger partial charge is 0.325 e. The third-order valence-electron chi connectivity index (χ3n) is 5.41. The fourth-order valence-corrected chi connectivity index (χ4v) is 4.21. The van der Waals surface area contributed by atoms with Crippen molar-refractivity contribution < 1.29 is 44.3 Å². The molecule has 0 aliphatic heterocycles. The Labute approximate surface area is 192 Å². The standard InChI is InChI=1S/C22H32N2O9/c1-2-32-15-7-9-16(10-8-15)33-22(31)14-24(13-21(29)30)18-6-4-3-5-17(18)23(11-19(25)26)12-20(27)28/h7-10,17-19,25-26H,2-6,11-14H2,1H3,(H,27,28)(H,29,30)/t17-,18-/m0/s1. The van der Waals surface area contributed by atoms with Gasteiger partial charge in [0.2, 0.25) is 0 Å². The minimum atomic E-state index is -1.75. The van der Waals surface area contributed by atoms with Crippen LogP contribution in [0, 0.1) is 0 Å². The van der Waals surface area contributed by atoms with Gasteiger partial charge >= 0.3 is 17.9 Å². The van der Waals surface area contributed by atoms with Crippen LogP contribution in [-0.2, 0) is 14.4 Å². The summed E-state index contributed by atoms with van der Waals surface area (Å²) in [5.41, 5.74) is 0. The number of hydrogen-bond acceptors (Lipinski definition) is 9. The van der Waals surface area contributed by atoms with Crippen molar-refractivity contribution in [3.8, 4) is 11.5 Å². The number of aliphatic hydroxyl groups is 2. The summed E-state index contributed by atoms with van der Waals surface area (Å²) in [5.74, 6) is -2.02. The van der Waals surface area contributed by atoms with Gasteiger partial charge < -0.3 is 29.9 Å². The molecule has 0 bridgehead atoms. The molecule has 11 heteroatoms. The van der Waals surface area contributed by atoms with E-state index < -0.39 is 49.4 Å². The molecule has 2 atom stereocenters. The van der Waals surface area contributed by atoms with Crippen molar-refractivity contribution in [2.45, 2.75) is 51.0 Å². The average Bonchev–Trinajstić information content (AvgIpc) is 2.73. The lowest BCUT2D eigenvalue weighted by molar-refractivity contribution is -0.147. The lowest BCUT2D eigenvalue weighted by Gasteiger charge is -2.44. The van der Waals surface area contributed by atoms with Gasteiger partial charge in [-0.3, -0.25) is 24.2 Å². The van der Waals surface area contributed by atoms with E-state index in [0.29, 0.717) is 25.2 Å². The van der Waals surface area contributed by atoms with Crippen LogP contribution in [-0.4, -0.2) is 99.3 Å². The van der Waals surface area contributed by atoms with Crippen molar-refractivity contribution in [2.75, 3.05) is 32.8 Å². The van der Waals surface area contributed by atoms with Crippen LogP contribution in [0.5, 0.6) is 11.5 Å². The van der Waals surface area contributed by atoms with Crippen LogP contribution < -0.4 is 9.47 Å². The zero-order valence-corrected chi connectivity index (χ0v) is 18.6. The Morgan fingerprint density at radius 1 is 0.909 bits per heavy atom. The van der Waals surface area contributed by atoms with Crippen LogP contribution in [0.15, 0.2) is 24.3 Å². The number of carboxylic acids is 2.